The molecule has 1 saturated carbocycles. The van der Waals surface area contributed by atoms with Gasteiger partial charge in [0.15, 0.2) is 0 Å². The van der Waals surface area contributed by atoms with E-state index in [1.54, 1.807) is 0 Å². The Morgan fingerprint density at radius 2 is 2.21 bits per heavy atom. The fraction of sp³-hybridized carbons (Fsp3) is 0.500. The molecule has 0 heterocycles. The van der Waals surface area contributed by atoms with Crippen LogP contribution < -0.4 is 5.32 Å². The normalized spacial score (nSPS) is 25.9. The van der Waals surface area contributed by atoms with Crippen molar-refractivity contribution in [2.45, 2.75) is 31.7 Å². The number of benzene rings is 1. The summed E-state index contributed by atoms with van der Waals surface area (Å²) in [5.74, 6) is 0.775. The Hall–Kier alpha value is -0.340. The SMILES string of the molecule is CCNC1CC(c2cccc(Br)c2)C1. The minimum absolute atomic E-state index is 0.754. The van der Waals surface area contributed by atoms with Crippen LogP contribution in [0, 0.1) is 0 Å². The fourth-order valence-electron chi connectivity index (χ4n) is 2.11. The van der Waals surface area contributed by atoms with Crippen LogP contribution >= 0.6 is 15.9 Å². The number of hydrogen-bond acceptors (Lipinski definition) is 1. The fourth-order valence-corrected chi connectivity index (χ4v) is 2.52. The van der Waals surface area contributed by atoms with Crippen LogP contribution in [0.1, 0.15) is 31.2 Å². The topological polar surface area (TPSA) is 12.0 Å². The third-order valence-electron chi connectivity index (χ3n) is 2.95. The average molecular weight is 254 g/mol. The van der Waals surface area contributed by atoms with Crippen LogP contribution in [0.5, 0.6) is 0 Å². The van der Waals surface area contributed by atoms with Gasteiger partial charge in [-0.2, -0.15) is 0 Å². The number of halogens is 1. The van der Waals surface area contributed by atoms with Crippen molar-refractivity contribution in [3.05, 3.63) is 34.3 Å². The molecule has 2 heteroatoms. The van der Waals surface area contributed by atoms with Crippen LogP contribution in [-0.2, 0) is 0 Å². The van der Waals surface area contributed by atoms with E-state index in [1.165, 1.54) is 22.9 Å². The van der Waals surface area contributed by atoms with E-state index in [9.17, 15) is 0 Å². The van der Waals surface area contributed by atoms with E-state index in [4.69, 9.17) is 0 Å². The lowest BCUT2D eigenvalue weighted by molar-refractivity contribution is 0.296. The van der Waals surface area contributed by atoms with E-state index in [-0.39, 0.29) is 0 Å². The number of rotatable bonds is 3. The van der Waals surface area contributed by atoms with Gasteiger partial charge in [-0.25, -0.2) is 0 Å². The Kier molecular flexibility index (Phi) is 3.24. The summed E-state index contributed by atoms with van der Waals surface area (Å²) < 4.78 is 1.20. The predicted octanol–water partition coefficient (Wildman–Crippen LogP) is 3.30. The van der Waals surface area contributed by atoms with E-state index in [0.29, 0.717) is 0 Å². The summed E-state index contributed by atoms with van der Waals surface area (Å²) in [5, 5.41) is 3.48. The van der Waals surface area contributed by atoms with Gasteiger partial charge < -0.3 is 5.32 Å². The molecule has 0 aromatic heterocycles. The molecule has 0 saturated heterocycles. The lowest BCUT2D eigenvalue weighted by Crippen LogP contribution is -2.39. The zero-order valence-corrected chi connectivity index (χ0v) is 10.0. The monoisotopic (exact) mass is 253 g/mol. The highest BCUT2D eigenvalue weighted by Gasteiger charge is 2.29. The molecule has 2 rings (SSSR count). The van der Waals surface area contributed by atoms with Gasteiger partial charge in [0.05, 0.1) is 0 Å². The molecule has 0 atom stereocenters. The van der Waals surface area contributed by atoms with Crippen LogP contribution in [0.2, 0.25) is 0 Å². The second-order valence-corrected chi connectivity index (χ2v) is 4.89. The van der Waals surface area contributed by atoms with Crippen molar-refractivity contribution < 1.29 is 0 Å². The summed E-state index contributed by atoms with van der Waals surface area (Å²) in [7, 11) is 0. The standard InChI is InChI=1S/C12H16BrN/c1-2-14-12-7-10(8-12)9-4-3-5-11(13)6-9/h3-6,10,12,14H,2,7-8H2,1H3. The van der Waals surface area contributed by atoms with Gasteiger partial charge in [0.2, 0.25) is 0 Å². The first kappa shape index (κ1) is 10.2. The molecule has 1 aromatic carbocycles. The van der Waals surface area contributed by atoms with Gasteiger partial charge in [-0.05, 0) is 43.0 Å². The van der Waals surface area contributed by atoms with Gasteiger partial charge in [0.25, 0.3) is 0 Å². The molecule has 1 aliphatic rings. The summed E-state index contributed by atoms with van der Waals surface area (Å²) in [5.41, 5.74) is 1.48. The molecule has 0 spiro atoms. The molecule has 0 bridgehead atoms. The highest BCUT2D eigenvalue weighted by atomic mass is 79.9. The quantitative estimate of drug-likeness (QED) is 0.872. The van der Waals surface area contributed by atoms with Crippen molar-refractivity contribution in [1.82, 2.24) is 5.32 Å². The highest BCUT2D eigenvalue weighted by molar-refractivity contribution is 9.10. The molecule has 0 radical (unpaired) electrons. The molecule has 0 amide bonds. The van der Waals surface area contributed by atoms with Gasteiger partial charge in [-0.15, -0.1) is 0 Å². The van der Waals surface area contributed by atoms with Crippen LogP contribution in [0.4, 0.5) is 0 Å². The maximum absolute atomic E-state index is 3.51. The van der Waals surface area contributed by atoms with Crippen molar-refractivity contribution in [1.29, 1.82) is 0 Å². The second kappa shape index (κ2) is 4.45. The summed E-state index contributed by atoms with van der Waals surface area (Å²) in [4.78, 5) is 0. The van der Waals surface area contributed by atoms with Gasteiger partial charge in [0, 0.05) is 10.5 Å². The zero-order chi connectivity index (χ0) is 9.97. The Labute approximate surface area is 94.0 Å². The first-order valence-electron chi connectivity index (χ1n) is 5.28. The number of nitrogens with one attached hydrogen (secondary N) is 1. The Morgan fingerprint density at radius 3 is 2.86 bits per heavy atom. The molecule has 14 heavy (non-hydrogen) atoms. The summed E-state index contributed by atoms with van der Waals surface area (Å²) in [6.07, 6.45) is 2.59. The van der Waals surface area contributed by atoms with Crippen molar-refractivity contribution in [3.63, 3.8) is 0 Å². The molecule has 0 unspecified atom stereocenters. The van der Waals surface area contributed by atoms with Crippen LogP contribution in [-0.4, -0.2) is 12.6 Å². The van der Waals surface area contributed by atoms with E-state index >= 15 is 0 Å². The Bertz CT molecular complexity index is 305. The third kappa shape index (κ3) is 2.18. The first-order valence-corrected chi connectivity index (χ1v) is 6.07. The van der Waals surface area contributed by atoms with E-state index in [0.717, 1.165) is 18.5 Å². The minimum Gasteiger partial charge on any atom is -0.314 e. The maximum Gasteiger partial charge on any atom is 0.0178 e. The largest absolute Gasteiger partial charge is 0.314 e. The van der Waals surface area contributed by atoms with E-state index < -0.39 is 0 Å². The molecule has 1 aliphatic carbocycles. The van der Waals surface area contributed by atoms with Crippen molar-refractivity contribution in [2.24, 2.45) is 0 Å². The zero-order valence-electron chi connectivity index (χ0n) is 8.46. The van der Waals surface area contributed by atoms with E-state index in [1.807, 2.05) is 0 Å². The second-order valence-electron chi connectivity index (χ2n) is 3.98. The van der Waals surface area contributed by atoms with Gasteiger partial charge in [-0.3, -0.25) is 0 Å². The highest BCUT2D eigenvalue weighted by Crippen LogP contribution is 2.37. The molecular formula is C12H16BrN. The predicted molar refractivity (Wildman–Crippen MR) is 63.6 cm³/mol. The van der Waals surface area contributed by atoms with Gasteiger partial charge in [0.1, 0.15) is 0 Å². The van der Waals surface area contributed by atoms with Crippen LogP contribution in [0.15, 0.2) is 28.7 Å². The summed E-state index contributed by atoms with van der Waals surface area (Å²) in [6.45, 7) is 3.27. The lowest BCUT2D eigenvalue weighted by atomic mass is 9.76. The number of hydrogen-bond donors (Lipinski definition) is 1. The molecular weight excluding hydrogens is 238 g/mol. The molecule has 76 valence electrons. The third-order valence-corrected chi connectivity index (χ3v) is 3.44. The minimum atomic E-state index is 0.754. The van der Waals surface area contributed by atoms with Gasteiger partial charge in [-0.1, -0.05) is 35.0 Å². The van der Waals surface area contributed by atoms with Crippen molar-refractivity contribution >= 4 is 15.9 Å². The average Bonchev–Trinajstić information content (AvgIpc) is 2.10. The van der Waals surface area contributed by atoms with Crippen LogP contribution in [0.25, 0.3) is 0 Å². The summed E-state index contributed by atoms with van der Waals surface area (Å²) in [6, 6.07) is 9.44. The first-order chi connectivity index (χ1) is 6.79. The molecule has 1 fully saturated rings. The maximum atomic E-state index is 3.51. The van der Waals surface area contributed by atoms with E-state index in [2.05, 4.69) is 52.4 Å². The Morgan fingerprint density at radius 1 is 1.43 bits per heavy atom. The smallest absolute Gasteiger partial charge is 0.0178 e. The van der Waals surface area contributed by atoms with Crippen molar-refractivity contribution in [3.8, 4) is 0 Å². The summed E-state index contributed by atoms with van der Waals surface area (Å²) >= 11 is 3.51. The Balaban J connectivity index is 1.93. The van der Waals surface area contributed by atoms with Gasteiger partial charge >= 0.3 is 0 Å². The molecule has 1 nitrogen and oxygen atoms in total. The van der Waals surface area contributed by atoms with Crippen LogP contribution in [0.3, 0.4) is 0 Å². The molecule has 1 N–H and O–H groups in total. The molecule has 1 aromatic rings. The lowest BCUT2D eigenvalue weighted by Gasteiger charge is -2.36. The molecule has 0 aliphatic heterocycles. The van der Waals surface area contributed by atoms with Crippen molar-refractivity contribution in [2.75, 3.05) is 6.54 Å².